The number of guanidine groups is 1. The number of nitrogens with zero attached hydrogens (tertiary/aromatic N) is 1. The van der Waals surface area contributed by atoms with Crippen LogP contribution < -0.4 is 10.6 Å². The fourth-order valence-electron chi connectivity index (χ4n) is 2.16. The summed E-state index contributed by atoms with van der Waals surface area (Å²) in [5.74, 6) is 0.871. The van der Waals surface area contributed by atoms with Gasteiger partial charge in [0.25, 0.3) is 0 Å². The average Bonchev–Trinajstić information content (AvgIpc) is 2.89. The lowest BCUT2D eigenvalue weighted by atomic mass is 10.1. The topological polar surface area (TPSA) is 36.4 Å². The molecule has 0 spiro atoms. The Kier molecular flexibility index (Phi) is 7.58. The summed E-state index contributed by atoms with van der Waals surface area (Å²) in [4.78, 5) is 4.27. The van der Waals surface area contributed by atoms with Crippen LogP contribution in [-0.2, 0) is 6.54 Å². The molecule has 0 aliphatic heterocycles. The first-order valence-electron chi connectivity index (χ1n) is 6.56. The summed E-state index contributed by atoms with van der Waals surface area (Å²) in [5, 5.41) is 6.80. The van der Waals surface area contributed by atoms with Crippen molar-refractivity contribution in [3.63, 3.8) is 0 Å². The van der Waals surface area contributed by atoms with Gasteiger partial charge in [-0.15, -0.1) is 24.0 Å². The van der Waals surface area contributed by atoms with Crippen LogP contribution in [0.5, 0.6) is 0 Å². The van der Waals surface area contributed by atoms with Crippen LogP contribution in [0.3, 0.4) is 0 Å². The van der Waals surface area contributed by atoms with Gasteiger partial charge in [-0.25, -0.2) is 0 Å². The minimum absolute atomic E-state index is 0. The predicted molar refractivity (Wildman–Crippen MR) is 99.8 cm³/mol. The number of hydrogen-bond donors (Lipinski definition) is 2. The van der Waals surface area contributed by atoms with Gasteiger partial charge >= 0.3 is 0 Å². The molecule has 110 valence electrons. The lowest BCUT2D eigenvalue weighted by molar-refractivity contribution is 0.633. The molecule has 2 rings (SSSR count). The molecule has 1 aromatic carbocycles. The van der Waals surface area contributed by atoms with Crippen molar-refractivity contribution in [2.45, 2.75) is 32.4 Å². The highest BCUT2D eigenvalue weighted by atomic mass is 127. The molecule has 0 saturated carbocycles. The molecule has 3 nitrogen and oxygen atoms in total. The minimum Gasteiger partial charge on any atom is -0.353 e. The van der Waals surface area contributed by atoms with Crippen LogP contribution in [0.25, 0.3) is 0 Å². The van der Waals surface area contributed by atoms with E-state index in [0.717, 1.165) is 29.8 Å². The van der Waals surface area contributed by atoms with Crippen molar-refractivity contribution in [3.05, 3.63) is 46.0 Å². The zero-order valence-corrected chi connectivity index (χ0v) is 15.7. The average molecular weight is 450 g/mol. The maximum atomic E-state index is 4.27. The maximum absolute atomic E-state index is 4.27. The van der Waals surface area contributed by atoms with Gasteiger partial charge < -0.3 is 10.6 Å². The molecule has 2 N–H and O–H groups in total. The molecule has 5 heteroatoms. The Morgan fingerprint density at radius 3 is 2.65 bits per heavy atom. The smallest absolute Gasteiger partial charge is 0.191 e. The van der Waals surface area contributed by atoms with E-state index in [9.17, 15) is 0 Å². The van der Waals surface area contributed by atoms with E-state index in [1.54, 1.807) is 0 Å². The Bertz CT molecular complexity index is 492. The molecule has 1 aromatic rings. The molecule has 0 saturated heterocycles. The Balaban J connectivity index is 0.00000200. The summed E-state index contributed by atoms with van der Waals surface area (Å²) in [7, 11) is 1.81. The first kappa shape index (κ1) is 17.5. The number of aliphatic imine (C=N–C) groups is 1. The van der Waals surface area contributed by atoms with Crippen molar-refractivity contribution < 1.29 is 0 Å². The zero-order valence-electron chi connectivity index (χ0n) is 11.8. The van der Waals surface area contributed by atoms with Crippen molar-refractivity contribution in [2.24, 2.45) is 4.99 Å². The van der Waals surface area contributed by atoms with Crippen LogP contribution in [0, 0.1) is 6.92 Å². The van der Waals surface area contributed by atoms with Crippen LogP contribution in [0.15, 0.2) is 39.8 Å². The largest absolute Gasteiger partial charge is 0.353 e. The number of halogens is 2. The summed E-state index contributed by atoms with van der Waals surface area (Å²) in [5.41, 5.74) is 2.57. The third-order valence-corrected chi connectivity index (χ3v) is 3.82. The van der Waals surface area contributed by atoms with Gasteiger partial charge in [0, 0.05) is 24.1 Å². The number of hydrogen-bond acceptors (Lipinski definition) is 1. The predicted octanol–water partition coefficient (Wildman–Crippen LogP) is 3.76. The van der Waals surface area contributed by atoms with Crippen LogP contribution >= 0.6 is 39.9 Å². The van der Waals surface area contributed by atoms with Gasteiger partial charge in [0.1, 0.15) is 0 Å². The molecule has 0 bridgehead atoms. The summed E-state index contributed by atoms with van der Waals surface area (Å²) in [6.07, 6.45) is 6.59. The van der Waals surface area contributed by atoms with Crippen LogP contribution in [0.2, 0.25) is 0 Å². The van der Waals surface area contributed by atoms with Crippen molar-refractivity contribution in [1.29, 1.82) is 0 Å². The molecular weight excluding hydrogens is 429 g/mol. The lowest BCUT2D eigenvalue weighted by Crippen LogP contribution is -2.42. The summed E-state index contributed by atoms with van der Waals surface area (Å²) in [6, 6.07) is 6.82. The number of nitrogens with one attached hydrogen (secondary N) is 2. The van der Waals surface area contributed by atoms with E-state index in [1.165, 1.54) is 11.1 Å². The molecule has 0 heterocycles. The quantitative estimate of drug-likeness (QED) is 0.319. The number of rotatable bonds is 3. The minimum atomic E-state index is 0. The fourth-order valence-corrected chi connectivity index (χ4v) is 2.64. The fraction of sp³-hybridized carbons (Fsp3) is 0.400. The molecule has 0 aromatic heterocycles. The molecule has 1 aliphatic carbocycles. The van der Waals surface area contributed by atoms with E-state index in [2.05, 4.69) is 68.8 Å². The first-order valence-corrected chi connectivity index (χ1v) is 7.35. The summed E-state index contributed by atoms with van der Waals surface area (Å²) in [6.45, 7) is 2.91. The number of aryl methyl sites for hydroxylation is 1. The highest BCUT2D eigenvalue weighted by Crippen LogP contribution is 2.15. The third kappa shape index (κ3) is 5.09. The molecule has 20 heavy (non-hydrogen) atoms. The molecule has 0 fully saturated rings. The highest BCUT2D eigenvalue weighted by Gasteiger charge is 2.11. The summed E-state index contributed by atoms with van der Waals surface area (Å²) < 4.78 is 1.12. The Hall–Kier alpha value is -0.560. The molecule has 0 radical (unpaired) electrons. The van der Waals surface area contributed by atoms with Crippen LogP contribution in [-0.4, -0.2) is 19.0 Å². The van der Waals surface area contributed by atoms with Crippen molar-refractivity contribution in [3.8, 4) is 0 Å². The molecule has 0 amide bonds. The Morgan fingerprint density at radius 2 is 2.05 bits per heavy atom. The van der Waals surface area contributed by atoms with E-state index in [0.29, 0.717) is 6.04 Å². The second-order valence-electron chi connectivity index (χ2n) is 4.78. The van der Waals surface area contributed by atoms with Gasteiger partial charge in [-0.2, -0.15) is 0 Å². The van der Waals surface area contributed by atoms with Crippen molar-refractivity contribution in [2.75, 3.05) is 7.05 Å². The van der Waals surface area contributed by atoms with E-state index in [-0.39, 0.29) is 24.0 Å². The Labute approximate surface area is 146 Å². The molecule has 0 unspecified atom stereocenters. The standard InChI is InChI=1S/C15H20BrN3.HI/c1-11-9-13(16)8-7-12(11)10-18-15(17-2)19-14-5-3-4-6-14;/h3-4,7-9,14H,5-6,10H2,1-2H3,(H2,17,18,19);1H. The Morgan fingerprint density at radius 1 is 1.35 bits per heavy atom. The maximum Gasteiger partial charge on any atom is 0.191 e. The monoisotopic (exact) mass is 449 g/mol. The van der Waals surface area contributed by atoms with Gasteiger partial charge in [0.2, 0.25) is 0 Å². The van der Waals surface area contributed by atoms with E-state index in [1.807, 2.05) is 7.05 Å². The SMILES string of the molecule is CN=C(NCc1ccc(Br)cc1C)NC1CC=CC1.I. The molecule has 0 atom stereocenters. The van der Waals surface area contributed by atoms with Gasteiger partial charge in [0.15, 0.2) is 5.96 Å². The van der Waals surface area contributed by atoms with Crippen molar-refractivity contribution in [1.82, 2.24) is 10.6 Å². The van der Waals surface area contributed by atoms with E-state index in [4.69, 9.17) is 0 Å². The van der Waals surface area contributed by atoms with Gasteiger partial charge in [-0.3, -0.25) is 4.99 Å². The van der Waals surface area contributed by atoms with E-state index < -0.39 is 0 Å². The van der Waals surface area contributed by atoms with Crippen LogP contribution in [0.4, 0.5) is 0 Å². The summed E-state index contributed by atoms with van der Waals surface area (Å²) >= 11 is 3.48. The van der Waals surface area contributed by atoms with Crippen LogP contribution in [0.1, 0.15) is 24.0 Å². The zero-order chi connectivity index (χ0) is 13.7. The lowest BCUT2D eigenvalue weighted by Gasteiger charge is -2.17. The third-order valence-electron chi connectivity index (χ3n) is 3.32. The van der Waals surface area contributed by atoms with E-state index >= 15 is 0 Å². The highest BCUT2D eigenvalue weighted by molar-refractivity contribution is 14.0. The first-order chi connectivity index (χ1) is 9.19. The molecular formula is C15H21BrIN3. The van der Waals surface area contributed by atoms with Gasteiger partial charge in [-0.1, -0.05) is 34.1 Å². The normalized spacial score (nSPS) is 15.1. The second-order valence-corrected chi connectivity index (χ2v) is 5.70. The van der Waals surface area contributed by atoms with Gasteiger partial charge in [0.05, 0.1) is 0 Å². The molecule has 1 aliphatic rings. The van der Waals surface area contributed by atoms with Gasteiger partial charge in [-0.05, 0) is 43.0 Å². The number of benzene rings is 1. The second kappa shape index (κ2) is 8.67. The van der Waals surface area contributed by atoms with Crippen molar-refractivity contribution >= 4 is 45.9 Å².